The molecular weight excluding hydrogens is 290 g/mol. The molecule has 7 nitrogen and oxygen atoms in total. The van der Waals surface area contributed by atoms with E-state index in [0.29, 0.717) is 23.6 Å². The molecular formula is C13H23N5O2S. The second kappa shape index (κ2) is 8.26. The van der Waals surface area contributed by atoms with E-state index in [1.165, 1.54) is 11.3 Å². The Labute approximate surface area is 129 Å². The lowest BCUT2D eigenvalue weighted by Crippen LogP contribution is -2.49. The second-order valence-corrected chi connectivity index (χ2v) is 6.34. The van der Waals surface area contributed by atoms with Gasteiger partial charge in [-0.05, 0) is 12.3 Å². The van der Waals surface area contributed by atoms with Crippen LogP contribution in [0.5, 0.6) is 0 Å². The highest BCUT2D eigenvalue weighted by atomic mass is 32.1. The van der Waals surface area contributed by atoms with Crippen LogP contribution in [0.4, 0.5) is 9.93 Å². The summed E-state index contributed by atoms with van der Waals surface area (Å²) in [5.74, 6) is 0.589. The Morgan fingerprint density at radius 3 is 2.86 bits per heavy atom. The smallest absolute Gasteiger partial charge is 0.321 e. The number of morpholine rings is 1. The maximum atomic E-state index is 11.9. The van der Waals surface area contributed by atoms with Crippen molar-refractivity contribution in [3.05, 3.63) is 5.51 Å². The van der Waals surface area contributed by atoms with Crippen LogP contribution in [0.2, 0.25) is 0 Å². The summed E-state index contributed by atoms with van der Waals surface area (Å²) >= 11 is 1.30. The number of carbonyl (C=O) groups excluding carboxylic acids is 1. The van der Waals surface area contributed by atoms with E-state index in [4.69, 9.17) is 4.74 Å². The summed E-state index contributed by atoms with van der Waals surface area (Å²) in [4.78, 5) is 14.3. The van der Waals surface area contributed by atoms with Gasteiger partial charge in [0.15, 0.2) is 0 Å². The molecule has 2 amide bonds. The molecule has 1 unspecified atom stereocenters. The Morgan fingerprint density at radius 2 is 2.24 bits per heavy atom. The van der Waals surface area contributed by atoms with Crippen LogP contribution >= 0.6 is 11.3 Å². The van der Waals surface area contributed by atoms with Crippen LogP contribution in [0.15, 0.2) is 5.51 Å². The summed E-state index contributed by atoms with van der Waals surface area (Å²) in [6.45, 7) is 8.43. The summed E-state index contributed by atoms with van der Waals surface area (Å²) < 4.78 is 5.40. The lowest BCUT2D eigenvalue weighted by molar-refractivity contribution is 0.0130. The topological polar surface area (TPSA) is 79.4 Å². The number of anilines is 1. The van der Waals surface area contributed by atoms with Gasteiger partial charge in [-0.2, -0.15) is 0 Å². The first-order chi connectivity index (χ1) is 10.1. The third kappa shape index (κ3) is 5.56. The molecule has 0 aliphatic carbocycles. The van der Waals surface area contributed by atoms with E-state index >= 15 is 0 Å². The number of rotatable bonds is 6. The predicted octanol–water partition coefficient (Wildman–Crippen LogP) is 1.41. The fourth-order valence-electron chi connectivity index (χ4n) is 2.43. The highest BCUT2D eigenvalue weighted by Gasteiger charge is 2.22. The van der Waals surface area contributed by atoms with E-state index in [2.05, 4.69) is 39.6 Å². The maximum absolute atomic E-state index is 11.9. The Bertz CT molecular complexity index is 420. The minimum absolute atomic E-state index is 0.228. The number of urea groups is 1. The summed E-state index contributed by atoms with van der Waals surface area (Å²) in [5.41, 5.74) is 1.59. The molecule has 1 atom stereocenters. The van der Waals surface area contributed by atoms with Crippen LogP contribution in [0.1, 0.15) is 20.3 Å². The van der Waals surface area contributed by atoms with Gasteiger partial charge in [-0.1, -0.05) is 25.2 Å². The van der Waals surface area contributed by atoms with Crippen molar-refractivity contribution in [3.8, 4) is 0 Å². The van der Waals surface area contributed by atoms with Crippen LogP contribution < -0.4 is 10.6 Å². The molecule has 0 aromatic carbocycles. The van der Waals surface area contributed by atoms with Crippen LogP contribution in [-0.2, 0) is 4.74 Å². The number of nitrogens with zero attached hydrogens (tertiary/aromatic N) is 3. The quantitative estimate of drug-likeness (QED) is 0.830. The summed E-state index contributed by atoms with van der Waals surface area (Å²) in [7, 11) is 0. The van der Waals surface area contributed by atoms with Crippen molar-refractivity contribution in [2.24, 2.45) is 5.92 Å². The number of nitrogens with one attached hydrogen (secondary N) is 2. The molecule has 8 heteroatoms. The molecule has 0 bridgehead atoms. The number of ether oxygens (including phenoxy) is 1. The zero-order chi connectivity index (χ0) is 15.1. The Morgan fingerprint density at radius 1 is 1.48 bits per heavy atom. The number of amides is 2. The van der Waals surface area contributed by atoms with Crippen molar-refractivity contribution in [1.82, 2.24) is 20.4 Å². The fraction of sp³-hybridized carbons (Fsp3) is 0.769. The molecule has 21 heavy (non-hydrogen) atoms. The van der Waals surface area contributed by atoms with Gasteiger partial charge in [0.1, 0.15) is 5.51 Å². The minimum Gasteiger partial charge on any atom is -0.379 e. The Kier molecular flexibility index (Phi) is 6.34. The van der Waals surface area contributed by atoms with E-state index in [1.807, 2.05) is 0 Å². The van der Waals surface area contributed by atoms with Crippen LogP contribution in [0.3, 0.4) is 0 Å². The van der Waals surface area contributed by atoms with Crippen molar-refractivity contribution in [2.45, 2.75) is 26.3 Å². The van der Waals surface area contributed by atoms with E-state index in [9.17, 15) is 4.79 Å². The van der Waals surface area contributed by atoms with Crippen LogP contribution in [0, 0.1) is 5.92 Å². The van der Waals surface area contributed by atoms with Gasteiger partial charge in [0.05, 0.1) is 13.2 Å². The highest BCUT2D eigenvalue weighted by molar-refractivity contribution is 7.13. The summed E-state index contributed by atoms with van der Waals surface area (Å²) in [6.07, 6.45) is 1.05. The van der Waals surface area contributed by atoms with Crippen molar-refractivity contribution in [3.63, 3.8) is 0 Å². The zero-order valence-electron chi connectivity index (χ0n) is 12.5. The molecule has 1 saturated heterocycles. The monoisotopic (exact) mass is 313 g/mol. The molecule has 1 aromatic rings. The molecule has 2 rings (SSSR count). The highest BCUT2D eigenvalue weighted by Crippen LogP contribution is 2.13. The predicted molar refractivity (Wildman–Crippen MR) is 82.6 cm³/mol. The molecule has 2 heterocycles. The summed E-state index contributed by atoms with van der Waals surface area (Å²) in [6, 6.07) is 0.114. The molecule has 1 aromatic heterocycles. The first kappa shape index (κ1) is 16.1. The molecule has 1 aliphatic heterocycles. The van der Waals surface area contributed by atoms with E-state index in [1.54, 1.807) is 5.51 Å². The minimum atomic E-state index is -0.228. The van der Waals surface area contributed by atoms with Gasteiger partial charge < -0.3 is 10.1 Å². The SMILES string of the molecule is CC(C)CC(CNC(=O)Nc1nncs1)N1CCOCC1. The Balaban J connectivity index is 1.81. The van der Waals surface area contributed by atoms with Crippen molar-refractivity contribution >= 4 is 22.5 Å². The molecule has 1 aliphatic rings. The largest absolute Gasteiger partial charge is 0.379 e. The van der Waals surface area contributed by atoms with Gasteiger partial charge in [-0.25, -0.2) is 4.79 Å². The third-order valence-corrected chi connectivity index (χ3v) is 3.99. The number of hydrogen-bond acceptors (Lipinski definition) is 6. The van der Waals surface area contributed by atoms with Gasteiger partial charge in [0.2, 0.25) is 5.13 Å². The molecule has 0 spiro atoms. The van der Waals surface area contributed by atoms with Crippen LogP contribution in [0.25, 0.3) is 0 Å². The maximum Gasteiger partial charge on any atom is 0.321 e. The molecule has 0 saturated carbocycles. The number of aromatic nitrogens is 2. The first-order valence-corrected chi connectivity index (χ1v) is 8.16. The number of hydrogen-bond donors (Lipinski definition) is 2. The van der Waals surface area contributed by atoms with Gasteiger partial charge in [0, 0.05) is 25.7 Å². The number of carbonyl (C=O) groups is 1. The van der Waals surface area contributed by atoms with Crippen molar-refractivity contribution < 1.29 is 9.53 Å². The van der Waals surface area contributed by atoms with Crippen LogP contribution in [-0.4, -0.2) is 60.0 Å². The van der Waals surface area contributed by atoms with Crippen molar-refractivity contribution in [2.75, 3.05) is 38.2 Å². The average Bonchev–Trinajstić information content (AvgIpc) is 2.97. The lowest BCUT2D eigenvalue weighted by Gasteiger charge is -2.35. The van der Waals surface area contributed by atoms with Gasteiger partial charge in [0.25, 0.3) is 0 Å². The van der Waals surface area contributed by atoms with Gasteiger partial charge >= 0.3 is 6.03 Å². The fourth-order valence-corrected chi connectivity index (χ4v) is 2.87. The first-order valence-electron chi connectivity index (χ1n) is 7.28. The molecule has 1 fully saturated rings. The summed E-state index contributed by atoms with van der Waals surface area (Å²) in [5, 5.41) is 13.6. The van der Waals surface area contributed by atoms with E-state index in [0.717, 1.165) is 32.7 Å². The van der Waals surface area contributed by atoms with E-state index in [-0.39, 0.29) is 6.03 Å². The molecule has 0 radical (unpaired) electrons. The average molecular weight is 313 g/mol. The Hall–Kier alpha value is -1.25. The van der Waals surface area contributed by atoms with E-state index < -0.39 is 0 Å². The van der Waals surface area contributed by atoms with Gasteiger partial charge in [-0.3, -0.25) is 10.2 Å². The lowest BCUT2D eigenvalue weighted by atomic mass is 10.0. The third-order valence-electron chi connectivity index (χ3n) is 3.38. The molecule has 2 N–H and O–H groups in total. The van der Waals surface area contributed by atoms with Crippen molar-refractivity contribution in [1.29, 1.82) is 0 Å². The van der Waals surface area contributed by atoms with Gasteiger partial charge in [-0.15, -0.1) is 10.2 Å². The normalized spacial score (nSPS) is 17.7. The zero-order valence-corrected chi connectivity index (χ0v) is 13.4. The second-order valence-electron chi connectivity index (χ2n) is 5.51. The molecule has 118 valence electrons. The standard InChI is InChI=1S/C13H23N5O2S/c1-10(2)7-11(18-3-5-20-6-4-18)8-14-12(19)16-13-17-15-9-21-13/h9-11H,3-8H2,1-2H3,(H2,14,16,17,19).